The fourth-order valence-corrected chi connectivity index (χ4v) is 3.91. The third-order valence-electron chi connectivity index (χ3n) is 4.38. The summed E-state index contributed by atoms with van der Waals surface area (Å²) in [5, 5.41) is 9.78. The maximum absolute atomic E-state index is 12.8. The number of aryl methyl sites for hydroxylation is 1. The van der Waals surface area contributed by atoms with E-state index >= 15 is 0 Å². The molecule has 32 heavy (non-hydrogen) atoms. The first-order chi connectivity index (χ1) is 15.3. The Bertz CT molecular complexity index is 1100. The van der Waals surface area contributed by atoms with Gasteiger partial charge in [0.05, 0.1) is 25.0 Å². The molecule has 1 saturated heterocycles. The van der Waals surface area contributed by atoms with Gasteiger partial charge in [0, 0.05) is 5.56 Å². The number of methoxy groups -OCH3 is 1. The Morgan fingerprint density at radius 1 is 1.19 bits per heavy atom. The number of amides is 2. The number of carbonyl (C=O) groups is 3. The molecule has 3 rings (SSSR count). The summed E-state index contributed by atoms with van der Waals surface area (Å²) in [4.78, 5) is 36.2. The van der Waals surface area contributed by atoms with Crippen LogP contribution in [0.25, 0.3) is 6.08 Å². The zero-order valence-corrected chi connectivity index (χ0v) is 18.9. The second kappa shape index (κ2) is 10.3. The predicted octanol–water partition coefficient (Wildman–Crippen LogP) is 3.40. The molecule has 1 fully saturated rings. The minimum Gasteiger partial charge on any atom is -0.493 e. The van der Waals surface area contributed by atoms with E-state index in [2.05, 4.69) is 5.43 Å². The van der Waals surface area contributed by atoms with E-state index < -0.39 is 17.8 Å². The van der Waals surface area contributed by atoms with Crippen LogP contribution in [0.4, 0.5) is 0 Å². The molecule has 0 bridgehead atoms. The fourth-order valence-electron chi connectivity index (χ4n) is 2.73. The Labute approximate surface area is 194 Å². The molecular weight excluding hydrogens is 452 g/mol. The lowest BCUT2D eigenvalue weighted by Gasteiger charge is -2.15. The van der Waals surface area contributed by atoms with Crippen molar-refractivity contribution < 1.29 is 29.0 Å². The van der Waals surface area contributed by atoms with Gasteiger partial charge in [-0.1, -0.05) is 35.5 Å². The van der Waals surface area contributed by atoms with Crippen molar-refractivity contribution in [2.24, 2.45) is 0 Å². The average Bonchev–Trinajstić information content (AvgIpc) is 3.02. The summed E-state index contributed by atoms with van der Waals surface area (Å²) < 4.78 is 10.9. The number of benzene rings is 2. The van der Waals surface area contributed by atoms with Gasteiger partial charge in [-0.15, -0.1) is 0 Å². The lowest BCUT2D eigenvalue weighted by Crippen LogP contribution is -2.44. The maximum atomic E-state index is 12.8. The van der Waals surface area contributed by atoms with E-state index in [1.165, 1.54) is 7.11 Å². The molecule has 2 aromatic rings. The van der Waals surface area contributed by atoms with Gasteiger partial charge in [-0.25, -0.2) is 0 Å². The molecule has 1 heterocycles. The van der Waals surface area contributed by atoms with Gasteiger partial charge in [0.25, 0.3) is 11.8 Å². The molecule has 8 nitrogen and oxygen atoms in total. The number of aliphatic carboxylic acids is 1. The Morgan fingerprint density at radius 3 is 2.56 bits per heavy atom. The first-order valence-electron chi connectivity index (χ1n) is 9.46. The number of thiocarbonyl (C=S) groups is 1. The number of hydrogen-bond donors (Lipinski definition) is 2. The van der Waals surface area contributed by atoms with Crippen molar-refractivity contribution in [2.45, 2.75) is 13.3 Å². The number of hydrogen-bond acceptors (Lipinski definition) is 7. The average molecular weight is 473 g/mol. The van der Waals surface area contributed by atoms with E-state index in [0.29, 0.717) is 27.5 Å². The Morgan fingerprint density at radius 2 is 1.91 bits per heavy atom. The molecular formula is C22H20N2O6S2. The number of carbonyl (C=O) groups excluding carboxylic acids is 2. The Balaban J connectivity index is 1.72. The quantitative estimate of drug-likeness (QED) is 0.445. The summed E-state index contributed by atoms with van der Waals surface area (Å²) in [6.07, 6.45) is 1.49. The zero-order valence-electron chi connectivity index (χ0n) is 17.3. The first kappa shape index (κ1) is 23.3. The summed E-state index contributed by atoms with van der Waals surface area (Å²) in [5.41, 5.74) is 4.63. The minimum absolute atomic E-state index is 0.00434. The number of nitrogens with one attached hydrogen (secondary N) is 1. The second-order valence-corrected chi connectivity index (χ2v) is 8.40. The second-order valence-electron chi connectivity index (χ2n) is 6.73. The number of carboxylic acid groups (broad SMARTS) is 1. The van der Waals surface area contributed by atoms with Crippen LogP contribution < -0.4 is 14.9 Å². The highest BCUT2D eigenvalue weighted by Gasteiger charge is 2.33. The van der Waals surface area contributed by atoms with E-state index in [0.717, 1.165) is 22.3 Å². The molecule has 1 aliphatic heterocycles. The van der Waals surface area contributed by atoms with E-state index in [1.54, 1.807) is 36.4 Å². The summed E-state index contributed by atoms with van der Waals surface area (Å²) in [6.45, 7) is 1.92. The minimum atomic E-state index is -0.961. The van der Waals surface area contributed by atoms with Gasteiger partial charge in [-0.3, -0.25) is 19.8 Å². The molecule has 0 aliphatic carbocycles. The molecule has 10 heteroatoms. The van der Waals surface area contributed by atoms with Gasteiger partial charge in [0.15, 0.2) is 15.8 Å². The SMILES string of the molecule is COc1cc(/C=C2/SC(=S)N(NC(=O)c3ccc(C)cc3)C2=O)ccc1OCCC(=O)O. The smallest absolute Gasteiger partial charge is 0.306 e. The number of carboxylic acids is 1. The van der Waals surface area contributed by atoms with E-state index in [9.17, 15) is 14.4 Å². The van der Waals surface area contributed by atoms with Gasteiger partial charge < -0.3 is 14.6 Å². The molecule has 2 amide bonds. The molecule has 0 atom stereocenters. The highest BCUT2D eigenvalue weighted by molar-refractivity contribution is 8.26. The molecule has 1 aliphatic rings. The third-order valence-corrected chi connectivity index (χ3v) is 5.68. The summed E-state index contributed by atoms with van der Waals surface area (Å²) >= 11 is 6.33. The van der Waals surface area contributed by atoms with Gasteiger partial charge in [0.2, 0.25) is 0 Å². The number of rotatable bonds is 8. The van der Waals surface area contributed by atoms with Gasteiger partial charge in [-0.2, -0.15) is 5.01 Å². The normalized spacial score (nSPS) is 14.6. The standard InChI is InChI=1S/C22H20N2O6S2/c1-13-3-6-15(7-4-13)20(27)23-24-21(28)18(32-22(24)31)12-14-5-8-16(17(11-14)29-2)30-10-9-19(25)26/h3-8,11-12H,9-10H2,1-2H3,(H,23,27)(H,25,26)/b18-12+. The van der Waals surface area contributed by atoms with Gasteiger partial charge >= 0.3 is 5.97 Å². The van der Waals surface area contributed by atoms with E-state index in [1.807, 2.05) is 19.1 Å². The number of hydrazine groups is 1. The Hall–Kier alpha value is -3.37. The summed E-state index contributed by atoms with van der Waals surface area (Å²) in [6, 6.07) is 12.0. The number of ether oxygens (including phenoxy) is 2. The molecule has 0 unspecified atom stereocenters. The predicted molar refractivity (Wildman–Crippen MR) is 124 cm³/mol. The molecule has 2 aromatic carbocycles. The van der Waals surface area contributed by atoms with Crippen LogP contribution in [-0.4, -0.2) is 45.9 Å². The molecule has 166 valence electrons. The van der Waals surface area contributed by atoms with Gasteiger partial charge in [0.1, 0.15) is 0 Å². The van der Waals surface area contributed by atoms with E-state index in [4.69, 9.17) is 26.8 Å². The number of nitrogens with zero attached hydrogens (tertiary/aromatic N) is 1. The lowest BCUT2D eigenvalue weighted by molar-refractivity contribution is -0.137. The van der Waals surface area contributed by atoms with Crippen molar-refractivity contribution in [3.05, 3.63) is 64.1 Å². The van der Waals surface area contributed by atoms with Crippen LogP contribution in [0.1, 0.15) is 27.9 Å². The topological polar surface area (TPSA) is 105 Å². The van der Waals surface area contributed by atoms with Crippen molar-refractivity contribution >= 4 is 52.2 Å². The van der Waals surface area contributed by atoms with E-state index in [-0.39, 0.29) is 17.3 Å². The van der Waals surface area contributed by atoms with Crippen molar-refractivity contribution in [1.82, 2.24) is 10.4 Å². The highest BCUT2D eigenvalue weighted by Crippen LogP contribution is 2.34. The zero-order chi connectivity index (χ0) is 23.3. The summed E-state index contributed by atoms with van der Waals surface area (Å²) in [7, 11) is 1.46. The molecule has 0 spiro atoms. The van der Waals surface area contributed by atoms with Crippen LogP contribution >= 0.6 is 24.0 Å². The Kier molecular flexibility index (Phi) is 7.49. The van der Waals surface area contributed by atoms with Crippen molar-refractivity contribution in [3.63, 3.8) is 0 Å². The molecule has 0 aromatic heterocycles. The molecule has 0 radical (unpaired) electrons. The van der Waals surface area contributed by atoms with Crippen molar-refractivity contribution in [1.29, 1.82) is 0 Å². The fraction of sp³-hybridized carbons (Fsp3) is 0.182. The third kappa shape index (κ3) is 5.65. The van der Waals surface area contributed by atoms with Gasteiger partial charge in [-0.05, 0) is 55.0 Å². The van der Waals surface area contributed by atoms with Crippen LogP contribution in [0.3, 0.4) is 0 Å². The van der Waals surface area contributed by atoms with Crippen LogP contribution in [0.2, 0.25) is 0 Å². The van der Waals surface area contributed by atoms with Crippen LogP contribution in [0, 0.1) is 6.92 Å². The summed E-state index contributed by atoms with van der Waals surface area (Å²) in [5.74, 6) is -1.05. The highest BCUT2D eigenvalue weighted by atomic mass is 32.2. The van der Waals surface area contributed by atoms with Crippen molar-refractivity contribution in [2.75, 3.05) is 13.7 Å². The molecule has 2 N–H and O–H groups in total. The molecule has 0 saturated carbocycles. The van der Waals surface area contributed by atoms with Crippen LogP contribution in [-0.2, 0) is 9.59 Å². The van der Waals surface area contributed by atoms with Crippen molar-refractivity contribution in [3.8, 4) is 11.5 Å². The lowest BCUT2D eigenvalue weighted by atomic mass is 10.1. The largest absolute Gasteiger partial charge is 0.493 e. The van der Waals surface area contributed by atoms with Crippen LogP contribution in [0.5, 0.6) is 11.5 Å². The number of thioether (sulfide) groups is 1. The monoisotopic (exact) mass is 472 g/mol. The first-order valence-corrected chi connectivity index (χ1v) is 10.7. The van der Waals surface area contributed by atoms with Crippen LogP contribution in [0.15, 0.2) is 47.4 Å². The maximum Gasteiger partial charge on any atom is 0.306 e.